The molecule has 0 bridgehead atoms. The molecule has 1 aromatic carbocycles. The summed E-state index contributed by atoms with van der Waals surface area (Å²) in [4.78, 5) is 22.1. The number of carbonyl (C=O) groups excluding carboxylic acids is 1. The average Bonchev–Trinajstić information content (AvgIpc) is 2.99. The van der Waals surface area contributed by atoms with Crippen LogP contribution in [0, 0.1) is 0 Å². The number of thiazole rings is 1. The standard InChI is InChI=1S/C18H16BrN3OS/c1-2-5-15-16(12-7-9-13(19)10-8-12)21-18(24-15)22-17(23)14-6-3-4-11-20-14/h3-4,6-11H,2,5H2,1H3,(H,21,22,23). The van der Waals surface area contributed by atoms with E-state index in [1.165, 1.54) is 16.2 Å². The molecule has 0 aliphatic rings. The summed E-state index contributed by atoms with van der Waals surface area (Å²) in [5.41, 5.74) is 2.37. The Hall–Kier alpha value is -2.05. The van der Waals surface area contributed by atoms with E-state index < -0.39 is 0 Å². The van der Waals surface area contributed by atoms with Gasteiger partial charge in [-0.2, -0.15) is 0 Å². The molecule has 1 amide bonds. The third-order valence-corrected chi connectivity index (χ3v) is 4.97. The van der Waals surface area contributed by atoms with Gasteiger partial charge >= 0.3 is 0 Å². The largest absolute Gasteiger partial charge is 0.296 e. The molecular weight excluding hydrogens is 386 g/mol. The number of anilines is 1. The highest BCUT2D eigenvalue weighted by atomic mass is 79.9. The lowest BCUT2D eigenvalue weighted by molar-refractivity contribution is 0.102. The van der Waals surface area contributed by atoms with Crippen molar-refractivity contribution < 1.29 is 4.79 Å². The zero-order chi connectivity index (χ0) is 16.9. The average molecular weight is 402 g/mol. The maximum Gasteiger partial charge on any atom is 0.276 e. The smallest absolute Gasteiger partial charge is 0.276 e. The lowest BCUT2D eigenvalue weighted by Crippen LogP contribution is -2.13. The monoisotopic (exact) mass is 401 g/mol. The van der Waals surface area contributed by atoms with E-state index in [0.717, 1.165) is 28.6 Å². The van der Waals surface area contributed by atoms with Gasteiger partial charge in [0.1, 0.15) is 5.69 Å². The SMILES string of the molecule is CCCc1sc(NC(=O)c2ccccn2)nc1-c1ccc(Br)cc1. The van der Waals surface area contributed by atoms with Crippen molar-refractivity contribution in [2.75, 3.05) is 5.32 Å². The van der Waals surface area contributed by atoms with E-state index in [1.807, 2.05) is 24.3 Å². The van der Waals surface area contributed by atoms with Crippen LogP contribution in [0.3, 0.4) is 0 Å². The number of nitrogens with one attached hydrogen (secondary N) is 1. The molecule has 1 N–H and O–H groups in total. The number of aryl methyl sites for hydroxylation is 1. The van der Waals surface area contributed by atoms with Crippen LogP contribution in [0.25, 0.3) is 11.3 Å². The summed E-state index contributed by atoms with van der Waals surface area (Å²) in [5.74, 6) is -0.241. The predicted molar refractivity (Wildman–Crippen MR) is 101 cm³/mol. The second kappa shape index (κ2) is 7.68. The summed E-state index contributed by atoms with van der Waals surface area (Å²) >= 11 is 4.97. The Morgan fingerprint density at radius 1 is 1.21 bits per heavy atom. The van der Waals surface area contributed by atoms with Crippen molar-refractivity contribution in [3.63, 3.8) is 0 Å². The van der Waals surface area contributed by atoms with E-state index >= 15 is 0 Å². The molecule has 0 unspecified atom stereocenters. The maximum absolute atomic E-state index is 12.3. The van der Waals surface area contributed by atoms with Crippen LogP contribution in [0.15, 0.2) is 53.1 Å². The maximum atomic E-state index is 12.3. The van der Waals surface area contributed by atoms with Gasteiger partial charge in [-0.25, -0.2) is 4.98 Å². The minimum absolute atomic E-state index is 0.241. The highest BCUT2D eigenvalue weighted by Crippen LogP contribution is 2.33. The predicted octanol–water partition coefficient (Wildman–Crippen LogP) is 5.17. The number of hydrogen-bond acceptors (Lipinski definition) is 4. The Kier molecular flexibility index (Phi) is 5.37. The van der Waals surface area contributed by atoms with Gasteiger partial charge in [0.15, 0.2) is 5.13 Å². The van der Waals surface area contributed by atoms with Gasteiger partial charge in [-0.3, -0.25) is 15.1 Å². The fraction of sp³-hybridized carbons (Fsp3) is 0.167. The molecule has 0 saturated carbocycles. The molecule has 24 heavy (non-hydrogen) atoms. The quantitative estimate of drug-likeness (QED) is 0.641. The Morgan fingerprint density at radius 2 is 2.00 bits per heavy atom. The second-order valence-electron chi connectivity index (χ2n) is 5.22. The van der Waals surface area contributed by atoms with E-state index in [-0.39, 0.29) is 5.91 Å². The van der Waals surface area contributed by atoms with Crippen molar-refractivity contribution in [1.82, 2.24) is 9.97 Å². The summed E-state index contributed by atoms with van der Waals surface area (Å²) in [6.45, 7) is 2.14. The fourth-order valence-corrected chi connectivity index (χ4v) is 3.64. The number of nitrogens with zero attached hydrogens (tertiary/aromatic N) is 2. The molecule has 0 fully saturated rings. The van der Waals surface area contributed by atoms with Crippen molar-refractivity contribution in [3.8, 4) is 11.3 Å². The molecular formula is C18H16BrN3OS. The minimum Gasteiger partial charge on any atom is -0.296 e. The Morgan fingerprint density at radius 3 is 2.67 bits per heavy atom. The normalized spacial score (nSPS) is 10.6. The highest BCUT2D eigenvalue weighted by molar-refractivity contribution is 9.10. The summed E-state index contributed by atoms with van der Waals surface area (Å²) in [5, 5.41) is 3.46. The highest BCUT2D eigenvalue weighted by Gasteiger charge is 2.15. The summed E-state index contributed by atoms with van der Waals surface area (Å²) in [6.07, 6.45) is 3.56. The number of aromatic nitrogens is 2. The molecule has 3 aromatic rings. The van der Waals surface area contributed by atoms with E-state index in [9.17, 15) is 4.79 Å². The van der Waals surface area contributed by atoms with Crippen LogP contribution < -0.4 is 5.32 Å². The number of carbonyl (C=O) groups is 1. The topological polar surface area (TPSA) is 54.9 Å². The van der Waals surface area contributed by atoms with Crippen molar-refractivity contribution in [1.29, 1.82) is 0 Å². The van der Waals surface area contributed by atoms with Crippen LogP contribution in [0.2, 0.25) is 0 Å². The number of hydrogen-bond donors (Lipinski definition) is 1. The van der Waals surface area contributed by atoms with Crippen LogP contribution >= 0.6 is 27.3 Å². The molecule has 0 radical (unpaired) electrons. The lowest BCUT2D eigenvalue weighted by Gasteiger charge is -2.01. The molecule has 122 valence electrons. The zero-order valence-electron chi connectivity index (χ0n) is 13.1. The van der Waals surface area contributed by atoms with Crippen LogP contribution in [-0.4, -0.2) is 15.9 Å². The van der Waals surface area contributed by atoms with Crippen LogP contribution in [0.4, 0.5) is 5.13 Å². The number of pyridine rings is 1. The number of rotatable bonds is 5. The third-order valence-electron chi connectivity index (χ3n) is 3.41. The number of benzene rings is 1. The third kappa shape index (κ3) is 3.88. The van der Waals surface area contributed by atoms with E-state index in [0.29, 0.717) is 10.8 Å². The number of amides is 1. The summed E-state index contributed by atoms with van der Waals surface area (Å²) in [6, 6.07) is 13.3. The molecule has 2 aromatic heterocycles. The van der Waals surface area contributed by atoms with E-state index in [4.69, 9.17) is 0 Å². The zero-order valence-corrected chi connectivity index (χ0v) is 15.5. The van der Waals surface area contributed by atoms with Crippen molar-refractivity contribution >= 4 is 38.3 Å². The van der Waals surface area contributed by atoms with E-state index in [1.54, 1.807) is 24.4 Å². The van der Waals surface area contributed by atoms with Gasteiger partial charge in [-0.05, 0) is 30.7 Å². The molecule has 0 aliphatic carbocycles. The van der Waals surface area contributed by atoms with Crippen LogP contribution in [-0.2, 0) is 6.42 Å². The Balaban J connectivity index is 1.88. The van der Waals surface area contributed by atoms with Gasteiger partial charge in [0, 0.05) is 21.1 Å². The molecule has 2 heterocycles. The van der Waals surface area contributed by atoms with Gasteiger partial charge in [0.25, 0.3) is 5.91 Å². The first-order chi connectivity index (χ1) is 11.7. The molecule has 6 heteroatoms. The first kappa shape index (κ1) is 16.8. The second-order valence-corrected chi connectivity index (χ2v) is 7.22. The van der Waals surface area contributed by atoms with Gasteiger partial charge in [-0.15, -0.1) is 11.3 Å². The van der Waals surface area contributed by atoms with Crippen molar-refractivity contribution in [3.05, 3.63) is 63.7 Å². The fourth-order valence-electron chi connectivity index (χ4n) is 2.29. The molecule has 4 nitrogen and oxygen atoms in total. The van der Waals surface area contributed by atoms with Crippen molar-refractivity contribution in [2.45, 2.75) is 19.8 Å². The molecule has 0 spiro atoms. The Bertz CT molecular complexity index is 831. The van der Waals surface area contributed by atoms with Crippen LogP contribution in [0.1, 0.15) is 28.7 Å². The first-order valence-corrected chi connectivity index (χ1v) is 9.26. The molecule has 3 rings (SSSR count). The summed E-state index contributed by atoms with van der Waals surface area (Å²) < 4.78 is 1.03. The lowest BCUT2D eigenvalue weighted by atomic mass is 10.1. The first-order valence-electron chi connectivity index (χ1n) is 7.65. The van der Waals surface area contributed by atoms with Crippen molar-refractivity contribution in [2.24, 2.45) is 0 Å². The minimum atomic E-state index is -0.241. The van der Waals surface area contributed by atoms with Crippen LogP contribution in [0.5, 0.6) is 0 Å². The molecule has 0 atom stereocenters. The van der Waals surface area contributed by atoms with Gasteiger partial charge in [0.2, 0.25) is 0 Å². The van der Waals surface area contributed by atoms with E-state index in [2.05, 4.69) is 38.1 Å². The molecule has 0 saturated heterocycles. The van der Waals surface area contributed by atoms with Gasteiger partial charge < -0.3 is 0 Å². The number of halogens is 1. The van der Waals surface area contributed by atoms with Gasteiger partial charge in [-0.1, -0.05) is 47.5 Å². The van der Waals surface area contributed by atoms with Gasteiger partial charge in [0.05, 0.1) is 5.69 Å². The summed E-state index contributed by atoms with van der Waals surface area (Å²) in [7, 11) is 0. The Labute approximate surface area is 153 Å². The molecule has 0 aliphatic heterocycles.